The standard InChI is InChI=1S/C14H15BrO4S/c1-17-11-5-9(7-16)6-12(18-2)14(11)19-8-13-10(15)3-4-20-13/h3-6,16H,7-8H2,1-2H3. The molecule has 0 atom stereocenters. The number of ether oxygens (including phenoxy) is 3. The summed E-state index contributed by atoms with van der Waals surface area (Å²) in [7, 11) is 3.12. The minimum absolute atomic E-state index is 0.0799. The van der Waals surface area contributed by atoms with Crippen LogP contribution in [0.5, 0.6) is 17.2 Å². The zero-order chi connectivity index (χ0) is 14.5. The first-order valence-electron chi connectivity index (χ1n) is 5.90. The maximum Gasteiger partial charge on any atom is 0.203 e. The van der Waals surface area contributed by atoms with Crippen LogP contribution < -0.4 is 14.2 Å². The largest absolute Gasteiger partial charge is 0.493 e. The topological polar surface area (TPSA) is 47.9 Å². The summed E-state index contributed by atoms with van der Waals surface area (Å²) in [6.45, 7) is 0.340. The van der Waals surface area contributed by atoms with Crippen molar-refractivity contribution >= 4 is 27.3 Å². The number of rotatable bonds is 6. The van der Waals surface area contributed by atoms with Crippen molar-refractivity contribution in [3.63, 3.8) is 0 Å². The first-order chi connectivity index (χ1) is 9.69. The molecular formula is C14H15BrO4S. The van der Waals surface area contributed by atoms with Gasteiger partial charge < -0.3 is 19.3 Å². The number of aliphatic hydroxyl groups is 1. The van der Waals surface area contributed by atoms with Gasteiger partial charge in [-0.05, 0) is 45.1 Å². The van der Waals surface area contributed by atoms with Crippen molar-refractivity contribution in [2.45, 2.75) is 13.2 Å². The minimum Gasteiger partial charge on any atom is -0.493 e. The molecule has 20 heavy (non-hydrogen) atoms. The van der Waals surface area contributed by atoms with E-state index in [0.29, 0.717) is 29.4 Å². The van der Waals surface area contributed by atoms with Gasteiger partial charge in [-0.25, -0.2) is 0 Å². The van der Waals surface area contributed by atoms with Crippen molar-refractivity contribution < 1.29 is 19.3 Å². The minimum atomic E-state index is -0.0799. The first-order valence-corrected chi connectivity index (χ1v) is 7.57. The molecule has 0 saturated heterocycles. The Morgan fingerprint density at radius 2 is 1.85 bits per heavy atom. The van der Waals surface area contributed by atoms with E-state index in [0.717, 1.165) is 9.35 Å². The van der Waals surface area contributed by atoms with E-state index in [1.165, 1.54) is 0 Å². The Morgan fingerprint density at radius 3 is 2.30 bits per heavy atom. The molecule has 0 aliphatic heterocycles. The van der Waals surface area contributed by atoms with Gasteiger partial charge in [-0.15, -0.1) is 11.3 Å². The van der Waals surface area contributed by atoms with E-state index in [1.807, 2.05) is 11.4 Å². The number of halogens is 1. The SMILES string of the molecule is COc1cc(CO)cc(OC)c1OCc1sccc1Br. The summed E-state index contributed by atoms with van der Waals surface area (Å²) < 4.78 is 17.5. The summed E-state index contributed by atoms with van der Waals surface area (Å²) >= 11 is 5.08. The van der Waals surface area contributed by atoms with Crippen LogP contribution in [-0.2, 0) is 13.2 Å². The Balaban J connectivity index is 2.27. The average molecular weight is 359 g/mol. The second-order valence-corrected chi connectivity index (χ2v) is 5.82. The average Bonchev–Trinajstić information content (AvgIpc) is 2.89. The molecule has 0 radical (unpaired) electrons. The molecule has 2 rings (SSSR count). The molecule has 1 N–H and O–H groups in total. The summed E-state index contributed by atoms with van der Waals surface area (Å²) in [5, 5.41) is 11.2. The van der Waals surface area contributed by atoms with Crippen molar-refractivity contribution in [3.8, 4) is 17.2 Å². The Morgan fingerprint density at radius 1 is 1.20 bits per heavy atom. The van der Waals surface area contributed by atoms with Crippen LogP contribution in [0.15, 0.2) is 28.1 Å². The van der Waals surface area contributed by atoms with E-state index >= 15 is 0 Å². The van der Waals surface area contributed by atoms with Gasteiger partial charge in [0, 0.05) is 4.47 Å². The molecular weight excluding hydrogens is 344 g/mol. The molecule has 0 unspecified atom stereocenters. The van der Waals surface area contributed by atoms with Crippen molar-refractivity contribution in [2.75, 3.05) is 14.2 Å². The van der Waals surface area contributed by atoms with Crippen LogP contribution in [-0.4, -0.2) is 19.3 Å². The fourth-order valence-electron chi connectivity index (χ4n) is 1.73. The third kappa shape index (κ3) is 3.26. The molecule has 0 fully saturated rings. The summed E-state index contributed by atoms with van der Waals surface area (Å²) in [5.41, 5.74) is 0.711. The highest BCUT2D eigenvalue weighted by molar-refractivity contribution is 9.10. The second-order valence-electron chi connectivity index (χ2n) is 3.97. The summed E-state index contributed by atoms with van der Waals surface area (Å²) in [4.78, 5) is 1.08. The summed E-state index contributed by atoms with van der Waals surface area (Å²) in [5.74, 6) is 1.62. The van der Waals surface area contributed by atoms with E-state index in [4.69, 9.17) is 14.2 Å². The normalized spacial score (nSPS) is 10.4. The number of methoxy groups -OCH3 is 2. The number of benzene rings is 1. The molecule has 1 heterocycles. The van der Waals surface area contributed by atoms with Gasteiger partial charge in [0.15, 0.2) is 11.5 Å². The first kappa shape index (κ1) is 15.2. The van der Waals surface area contributed by atoms with Gasteiger partial charge in [-0.3, -0.25) is 0 Å². The highest BCUT2D eigenvalue weighted by Crippen LogP contribution is 2.39. The van der Waals surface area contributed by atoms with Crippen LogP contribution in [0, 0.1) is 0 Å². The monoisotopic (exact) mass is 358 g/mol. The second kappa shape index (κ2) is 6.97. The Bertz CT molecular complexity index is 557. The molecule has 6 heteroatoms. The smallest absolute Gasteiger partial charge is 0.203 e. The van der Waals surface area contributed by atoms with Crippen LogP contribution in [0.3, 0.4) is 0 Å². The zero-order valence-electron chi connectivity index (χ0n) is 11.2. The lowest BCUT2D eigenvalue weighted by molar-refractivity contribution is 0.261. The van der Waals surface area contributed by atoms with Crippen molar-refractivity contribution in [3.05, 3.63) is 38.5 Å². The fraction of sp³-hybridized carbons (Fsp3) is 0.286. The maximum absolute atomic E-state index is 9.23. The zero-order valence-corrected chi connectivity index (χ0v) is 13.6. The van der Waals surface area contributed by atoms with Crippen LogP contribution in [0.1, 0.15) is 10.4 Å². The number of hydrogen-bond donors (Lipinski definition) is 1. The van der Waals surface area contributed by atoms with E-state index in [1.54, 1.807) is 37.7 Å². The molecule has 4 nitrogen and oxygen atoms in total. The van der Waals surface area contributed by atoms with Gasteiger partial charge in [0.05, 0.1) is 25.7 Å². The van der Waals surface area contributed by atoms with Gasteiger partial charge in [0.25, 0.3) is 0 Å². The lowest BCUT2D eigenvalue weighted by Crippen LogP contribution is -2.00. The van der Waals surface area contributed by atoms with Crippen molar-refractivity contribution in [1.82, 2.24) is 0 Å². The molecule has 1 aromatic carbocycles. The van der Waals surface area contributed by atoms with E-state index in [-0.39, 0.29) is 6.61 Å². The fourth-order valence-corrected chi connectivity index (χ4v) is 3.11. The van der Waals surface area contributed by atoms with Gasteiger partial charge in [-0.2, -0.15) is 0 Å². The molecule has 0 bridgehead atoms. The quantitative estimate of drug-likeness (QED) is 0.856. The van der Waals surface area contributed by atoms with Gasteiger partial charge in [0.2, 0.25) is 5.75 Å². The lowest BCUT2D eigenvalue weighted by Gasteiger charge is -2.15. The molecule has 0 aliphatic carbocycles. The summed E-state index contributed by atoms with van der Waals surface area (Å²) in [6, 6.07) is 5.45. The molecule has 108 valence electrons. The third-order valence-electron chi connectivity index (χ3n) is 2.74. The maximum atomic E-state index is 9.23. The molecule has 0 aliphatic rings. The molecule has 0 spiro atoms. The Hall–Kier alpha value is -1.24. The van der Waals surface area contributed by atoms with Gasteiger partial charge >= 0.3 is 0 Å². The molecule has 2 aromatic rings. The highest BCUT2D eigenvalue weighted by Gasteiger charge is 2.15. The number of hydrogen-bond acceptors (Lipinski definition) is 5. The van der Waals surface area contributed by atoms with Crippen LogP contribution >= 0.6 is 27.3 Å². The summed E-state index contributed by atoms with van der Waals surface area (Å²) in [6.07, 6.45) is 0. The Kier molecular flexibility index (Phi) is 5.28. The predicted molar refractivity (Wildman–Crippen MR) is 81.8 cm³/mol. The van der Waals surface area contributed by atoms with Crippen LogP contribution in [0.4, 0.5) is 0 Å². The number of thiophene rings is 1. The van der Waals surface area contributed by atoms with E-state index < -0.39 is 0 Å². The number of aliphatic hydroxyl groups excluding tert-OH is 1. The van der Waals surface area contributed by atoms with Crippen molar-refractivity contribution in [1.29, 1.82) is 0 Å². The third-order valence-corrected chi connectivity index (χ3v) is 4.64. The van der Waals surface area contributed by atoms with E-state index in [2.05, 4.69) is 15.9 Å². The van der Waals surface area contributed by atoms with Gasteiger partial charge in [-0.1, -0.05) is 0 Å². The Labute approximate surface area is 130 Å². The molecule has 1 aromatic heterocycles. The molecule has 0 amide bonds. The van der Waals surface area contributed by atoms with E-state index in [9.17, 15) is 5.11 Å². The highest BCUT2D eigenvalue weighted by atomic mass is 79.9. The van der Waals surface area contributed by atoms with Crippen LogP contribution in [0.25, 0.3) is 0 Å². The predicted octanol–water partition coefficient (Wildman–Crippen LogP) is 3.60. The molecule has 0 saturated carbocycles. The van der Waals surface area contributed by atoms with Crippen molar-refractivity contribution in [2.24, 2.45) is 0 Å². The lowest BCUT2D eigenvalue weighted by atomic mass is 10.2. The van der Waals surface area contributed by atoms with Crippen LogP contribution in [0.2, 0.25) is 0 Å². The van der Waals surface area contributed by atoms with Gasteiger partial charge in [0.1, 0.15) is 6.61 Å².